The van der Waals surface area contributed by atoms with E-state index in [4.69, 9.17) is 4.74 Å². The van der Waals surface area contributed by atoms with Crippen LogP contribution < -0.4 is 9.64 Å². The molecule has 176 valence electrons. The average molecular weight is 467 g/mol. The molecule has 35 heavy (non-hydrogen) atoms. The topological polar surface area (TPSA) is 67.7 Å². The van der Waals surface area contributed by atoms with Gasteiger partial charge in [0.05, 0.1) is 23.3 Å². The first kappa shape index (κ1) is 21.4. The van der Waals surface area contributed by atoms with E-state index in [0.29, 0.717) is 17.0 Å². The van der Waals surface area contributed by atoms with Crippen molar-refractivity contribution in [3.63, 3.8) is 0 Å². The molecule has 2 aliphatic rings. The zero-order chi connectivity index (χ0) is 23.8. The number of amides is 2. The average Bonchev–Trinajstić information content (AvgIpc) is 3.36. The summed E-state index contributed by atoms with van der Waals surface area (Å²) in [5.41, 5.74) is 4.09. The van der Waals surface area contributed by atoms with E-state index in [-0.39, 0.29) is 18.4 Å². The molecular weight excluding hydrogens is 440 g/mol. The number of hydrogen-bond acceptors (Lipinski definition) is 4. The molecule has 3 heterocycles. The van der Waals surface area contributed by atoms with Crippen LogP contribution in [0.1, 0.15) is 29.6 Å². The molecule has 1 unspecified atom stereocenters. The molecule has 0 aliphatic carbocycles. The molecule has 6 rings (SSSR count). The molecule has 1 aromatic heterocycles. The summed E-state index contributed by atoms with van der Waals surface area (Å²) < 4.78 is 8.08. The van der Waals surface area contributed by atoms with E-state index in [1.807, 2.05) is 82.3 Å². The monoisotopic (exact) mass is 466 g/mol. The van der Waals surface area contributed by atoms with Gasteiger partial charge >= 0.3 is 0 Å². The van der Waals surface area contributed by atoms with Gasteiger partial charge in [0.25, 0.3) is 11.8 Å². The van der Waals surface area contributed by atoms with Gasteiger partial charge in [0.2, 0.25) is 0 Å². The molecule has 0 saturated carbocycles. The van der Waals surface area contributed by atoms with Crippen molar-refractivity contribution >= 4 is 28.5 Å². The maximum Gasteiger partial charge on any atom is 0.265 e. The highest BCUT2D eigenvalue weighted by Crippen LogP contribution is 2.35. The minimum atomic E-state index is -0.705. The van der Waals surface area contributed by atoms with Crippen LogP contribution in [-0.4, -0.2) is 52.0 Å². The first-order valence-corrected chi connectivity index (χ1v) is 12.1. The molecule has 0 bridgehead atoms. The lowest BCUT2D eigenvalue weighted by molar-refractivity contribution is -0.139. The quantitative estimate of drug-likeness (QED) is 0.448. The van der Waals surface area contributed by atoms with Crippen molar-refractivity contribution < 1.29 is 14.3 Å². The normalized spacial score (nSPS) is 17.7. The fourth-order valence-electron chi connectivity index (χ4n) is 4.96. The molecule has 0 radical (unpaired) electrons. The third-order valence-corrected chi connectivity index (χ3v) is 6.81. The molecule has 1 atom stereocenters. The summed E-state index contributed by atoms with van der Waals surface area (Å²) in [5, 5.41) is 0. The molecule has 4 aromatic rings. The number of hydrogen-bond donors (Lipinski definition) is 0. The van der Waals surface area contributed by atoms with E-state index in [0.717, 1.165) is 49.1 Å². The number of para-hydroxylation sites is 4. The van der Waals surface area contributed by atoms with Gasteiger partial charge in [-0.05, 0) is 67.8 Å². The lowest BCUT2D eigenvalue weighted by Gasteiger charge is -2.37. The third kappa shape index (κ3) is 3.93. The summed E-state index contributed by atoms with van der Waals surface area (Å²) in [6.07, 6.45) is 4.25. The standard InChI is InChI=1S/C28H26N4O3/c33-27(20-12-14-21(15-13-20)32-19-29-22-8-2-3-9-23(22)32)31-18-26(28(34)30-16-6-1-7-17-30)35-25-11-5-4-10-24(25)31/h2-5,8-15,19,26H,1,6-7,16-18H2. The largest absolute Gasteiger partial charge is 0.476 e. The number of benzene rings is 3. The molecule has 7 nitrogen and oxygen atoms in total. The second kappa shape index (κ2) is 8.91. The van der Waals surface area contributed by atoms with Crippen molar-refractivity contribution in [1.29, 1.82) is 0 Å². The van der Waals surface area contributed by atoms with Crippen LogP contribution in [0.5, 0.6) is 5.75 Å². The molecule has 1 fully saturated rings. The summed E-state index contributed by atoms with van der Waals surface area (Å²) in [7, 11) is 0. The van der Waals surface area contributed by atoms with Gasteiger partial charge in [-0.2, -0.15) is 0 Å². The van der Waals surface area contributed by atoms with Gasteiger partial charge < -0.3 is 14.5 Å². The minimum absolute atomic E-state index is 0.0423. The zero-order valence-electron chi connectivity index (χ0n) is 19.3. The summed E-state index contributed by atoms with van der Waals surface area (Å²) in [4.78, 5) is 34.8. The highest BCUT2D eigenvalue weighted by molar-refractivity contribution is 6.08. The fraction of sp³-hybridized carbons (Fsp3) is 0.250. The van der Waals surface area contributed by atoms with Gasteiger partial charge in [-0.1, -0.05) is 24.3 Å². The molecular formula is C28H26N4O3. The maximum atomic E-state index is 13.6. The van der Waals surface area contributed by atoms with Gasteiger partial charge in [-0.25, -0.2) is 4.98 Å². The second-order valence-electron chi connectivity index (χ2n) is 9.03. The van der Waals surface area contributed by atoms with Crippen LogP contribution in [0.25, 0.3) is 16.7 Å². The predicted octanol–water partition coefficient (Wildman–Crippen LogP) is 4.45. The number of nitrogens with zero attached hydrogens (tertiary/aromatic N) is 4. The Hall–Kier alpha value is -4.13. The second-order valence-corrected chi connectivity index (χ2v) is 9.03. The summed E-state index contributed by atoms with van der Waals surface area (Å²) >= 11 is 0. The van der Waals surface area contributed by atoms with Crippen molar-refractivity contribution in [3.8, 4) is 11.4 Å². The Morgan fingerprint density at radius 3 is 2.43 bits per heavy atom. The number of aromatic nitrogens is 2. The number of rotatable bonds is 3. The fourth-order valence-corrected chi connectivity index (χ4v) is 4.96. The Kier molecular flexibility index (Phi) is 5.45. The Bertz CT molecular complexity index is 1390. The zero-order valence-corrected chi connectivity index (χ0v) is 19.3. The Morgan fingerprint density at radius 1 is 0.857 bits per heavy atom. The summed E-state index contributed by atoms with van der Waals surface area (Å²) in [5.74, 6) is 0.363. The molecule has 2 amide bonds. The minimum Gasteiger partial charge on any atom is -0.476 e. The molecule has 0 N–H and O–H groups in total. The molecule has 3 aromatic carbocycles. The molecule has 7 heteroatoms. The number of imidazole rings is 1. The number of carbonyl (C=O) groups is 2. The molecule has 0 spiro atoms. The van der Waals surface area contributed by atoms with Crippen LogP contribution in [0.15, 0.2) is 79.1 Å². The Labute approximate surface area is 203 Å². The summed E-state index contributed by atoms with van der Waals surface area (Å²) in [6.45, 7) is 1.69. The SMILES string of the molecule is O=C(C1CN(C(=O)c2ccc(-n3cnc4ccccc43)cc2)c2ccccc2O1)N1CCCCC1. The molecule has 1 saturated heterocycles. The van der Waals surface area contributed by atoms with Crippen LogP contribution >= 0.6 is 0 Å². The van der Waals surface area contributed by atoms with Gasteiger partial charge in [0.15, 0.2) is 6.10 Å². The number of fused-ring (bicyclic) bond motifs is 2. The van der Waals surface area contributed by atoms with Crippen molar-refractivity contribution in [2.75, 3.05) is 24.5 Å². The predicted molar refractivity (Wildman–Crippen MR) is 134 cm³/mol. The Balaban J connectivity index is 1.28. The highest BCUT2D eigenvalue weighted by atomic mass is 16.5. The van der Waals surface area contributed by atoms with Crippen molar-refractivity contribution in [2.45, 2.75) is 25.4 Å². The van der Waals surface area contributed by atoms with E-state index in [9.17, 15) is 9.59 Å². The van der Waals surface area contributed by atoms with E-state index >= 15 is 0 Å². The number of ether oxygens (including phenoxy) is 1. The number of piperidine rings is 1. The van der Waals surface area contributed by atoms with Gasteiger partial charge in [-0.15, -0.1) is 0 Å². The van der Waals surface area contributed by atoms with Crippen LogP contribution in [0.3, 0.4) is 0 Å². The number of likely N-dealkylation sites (tertiary alicyclic amines) is 1. The van der Waals surface area contributed by atoms with Crippen molar-refractivity contribution in [3.05, 3.63) is 84.7 Å². The van der Waals surface area contributed by atoms with Crippen LogP contribution in [0.4, 0.5) is 5.69 Å². The van der Waals surface area contributed by atoms with Gasteiger partial charge in [0, 0.05) is 24.3 Å². The lowest BCUT2D eigenvalue weighted by Crippen LogP contribution is -2.52. The van der Waals surface area contributed by atoms with Crippen molar-refractivity contribution in [2.24, 2.45) is 0 Å². The van der Waals surface area contributed by atoms with E-state index in [1.54, 1.807) is 11.2 Å². The Morgan fingerprint density at radius 2 is 1.60 bits per heavy atom. The van der Waals surface area contributed by atoms with E-state index < -0.39 is 6.10 Å². The van der Waals surface area contributed by atoms with Gasteiger partial charge in [-0.3, -0.25) is 14.2 Å². The highest BCUT2D eigenvalue weighted by Gasteiger charge is 2.36. The number of anilines is 1. The smallest absolute Gasteiger partial charge is 0.265 e. The summed E-state index contributed by atoms with van der Waals surface area (Å²) in [6, 6.07) is 22.8. The van der Waals surface area contributed by atoms with Crippen LogP contribution in [0.2, 0.25) is 0 Å². The molecule has 2 aliphatic heterocycles. The first-order chi connectivity index (χ1) is 17.2. The van der Waals surface area contributed by atoms with E-state index in [2.05, 4.69) is 4.98 Å². The lowest BCUT2D eigenvalue weighted by atomic mass is 10.1. The maximum absolute atomic E-state index is 13.6. The van der Waals surface area contributed by atoms with Gasteiger partial charge in [0.1, 0.15) is 12.1 Å². The van der Waals surface area contributed by atoms with Crippen LogP contribution in [-0.2, 0) is 4.79 Å². The first-order valence-electron chi connectivity index (χ1n) is 12.1. The van der Waals surface area contributed by atoms with E-state index in [1.165, 1.54) is 0 Å². The van der Waals surface area contributed by atoms with Crippen molar-refractivity contribution in [1.82, 2.24) is 14.5 Å². The van der Waals surface area contributed by atoms with Crippen LogP contribution in [0, 0.1) is 0 Å². The third-order valence-electron chi connectivity index (χ3n) is 6.81. The number of carbonyl (C=O) groups excluding carboxylic acids is 2.